The number of H-pyrrole nitrogens is 1. The van der Waals surface area contributed by atoms with Crippen LogP contribution in [-0.4, -0.2) is 17.1 Å². The zero-order valence-corrected chi connectivity index (χ0v) is 9.28. The summed E-state index contributed by atoms with van der Waals surface area (Å²) in [6.45, 7) is 0. The van der Waals surface area contributed by atoms with Crippen LogP contribution >= 0.6 is 11.6 Å². The van der Waals surface area contributed by atoms with E-state index < -0.39 is 0 Å². The molecule has 0 saturated carbocycles. The van der Waals surface area contributed by atoms with E-state index in [-0.39, 0.29) is 5.69 Å². The van der Waals surface area contributed by atoms with Gasteiger partial charge in [-0.15, -0.1) is 0 Å². The molecule has 1 N–H and O–H groups in total. The van der Waals surface area contributed by atoms with Crippen LogP contribution in [0, 0.1) is 0 Å². The number of hydrogen-bond donors (Lipinski definition) is 1. The SMILES string of the molecule is COc1cc(Cl)ccc1-c1cnc(=O)[nH]c1. The highest BCUT2D eigenvalue weighted by Gasteiger charge is 2.06. The van der Waals surface area contributed by atoms with Gasteiger partial charge in [0.25, 0.3) is 0 Å². The van der Waals surface area contributed by atoms with Crippen LogP contribution in [-0.2, 0) is 0 Å². The first-order valence-corrected chi connectivity index (χ1v) is 4.97. The van der Waals surface area contributed by atoms with Gasteiger partial charge in [0.05, 0.1) is 7.11 Å². The molecule has 0 atom stereocenters. The van der Waals surface area contributed by atoms with E-state index in [1.807, 2.05) is 6.07 Å². The summed E-state index contributed by atoms with van der Waals surface area (Å²) in [7, 11) is 1.56. The molecule has 1 heterocycles. The van der Waals surface area contributed by atoms with E-state index in [0.717, 1.165) is 11.1 Å². The van der Waals surface area contributed by atoms with Crippen LogP contribution in [0.5, 0.6) is 5.75 Å². The van der Waals surface area contributed by atoms with E-state index in [1.165, 1.54) is 6.20 Å². The zero-order valence-electron chi connectivity index (χ0n) is 8.53. The Kier molecular flexibility index (Phi) is 2.92. The number of methoxy groups -OCH3 is 1. The predicted octanol–water partition coefficient (Wildman–Crippen LogP) is 2.10. The highest BCUT2D eigenvalue weighted by atomic mass is 35.5. The van der Waals surface area contributed by atoms with Gasteiger partial charge in [0.2, 0.25) is 0 Å². The Morgan fingerprint density at radius 2 is 2.25 bits per heavy atom. The fourth-order valence-electron chi connectivity index (χ4n) is 1.39. The third kappa shape index (κ3) is 2.06. The number of nitrogens with one attached hydrogen (secondary N) is 1. The molecule has 82 valence electrons. The molecule has 2 aromatic rings. The number of halogens is 1. The third-order valence-corrected chi connectivity index (χ3v) is 2.38. The fraction of sp³-hybridized carbons (Fsp3) is 0.0909. The minimum absolute atomic E-state index is 0.378. The van der Waals surface area contributed by atoms with Gasteiger partial charge in [-0.05, 0) is 18.2 Å². The molecule has 0 bridgehead atoms. The van der Waals surface area contributed by atoms with Crippen LogP contribution in [0.1, 0.15) is 0 Å². The van der Waals surface area contributed by atoms with Crippen molar-refractivity contribution in [1.29, 1.82) is 0 Å². The van der Waals surface area contributed by atoms with E-state index in [2.05, 4.69) is 9.97 Å². The second-order valence-corrected chi connectivity index (χ2v) is 3.59. The first kappa shape index (κ1) is 10.7. The Hall–Kier alpha value is -1.81. The lowest BCUT2D eigenvalue weighted by molar-refractivity contribution is 0.416. The Morgan fingerprint density at radius 3 is 2.88 bits per heavy atom. The smallest absolute Gasteiger partial charge is 0.344 e. The van der Waals surface area contributed by atoms with Gasteiger partial charge >= 0.3 is 5.69 Å². The molecule has 1 aromatic heterocycles. The summed E-state index contributed by atoms with van der Waals surface area (Å²) in [5, 5.41) is 0.595. The molecule has 0 aliphatic carbocycles. The first-order chi connectivity index (χ1) is 7.70. The highest BCUT2D eigenvalue weighted by molar-refractivity contribution is 6.30. The summed E-state index contributed by atoms with van der Waals surface area (Å²) in [5.41, 5.74) is 1.22. The summed E-state index contributed by atoms with van der Waals surface area (Å²) < 4.78 is 5.21. The minimum Gasteiger partial charge on any atom is -0.496 e. The van der Waals surface area contributed by atoms with Crippen LogP contribution in [0.25, 0.3) is 11.1 Å². The maximum atomic E-state index is 10.8. The van der Waals surface area contributed by atoms with Crippen molar-refractivity contribution in [2.75, 3.05) is 7.11 Å². The quantitative estimate of drug-likeness (QED) is 0.869. The molecule has 0 aliphatic heterocycles. The summed E-state index contributed by atoms with van der Waals surface area (Å²) in [6.07, 6.45) is 3.08. The molecule has 1 aromatic carbocycles. The van der Waals surface area contributed by atoms with E-state index in [0.29, 0.717) is 10.8 Å². The molecule has 0 unspecified atom stereocenters. The summed E-state index contributed by atoms with van der Waals surface area (Å²) >= 11 is 5.85. The van der Waals surface area contributed by atoms with Crippen molar-refractivity contribution >= 4 is 11.6 Å². The Bertz CT molecular complexity index is 546. The third-order valence-electron chi connectivity index (χ3n) is 2.15. The summed E-state index contributed by atoms with van der Waals surface area (Å²) in [4.78, 5) is 17.0. The normalized spacial score (nSPS) is 10.1. The molecule has 4 nitrogen and oxygen atoms in total. The number of aromatic amines is 1. The highest BCUT2D eigenvalue weighted by Crippen LogP contribution is 2.31. The predicted molar refractivity (Wildman–Crippen MR) is 61.9 cm³/mol. The van der Waals surface area contributed by atoms with Crippen LogP contribution in [0.15, 0.2) is 35.4 Å². The van der Waals surface area contributed by atoms with E-state index >= 15 is 0 Å². The van der Waals surface area contributed by atoms with Gasteiger partial charge in [0.1, 0.15) is 5.75 Å². The maximum absolute atomic E-state index is 10.8. The molecular formula is C11H9ClN2O2. The molecule has 0 aliphatic rings. The second-order valence-electron chi connectivity index (χ2n) is 3.15. The lowest BCUT2D eigenvalue weighted by Crippen LogP contribution is -2.08. The average molecular weight is 237 g/mol. The molecule has 5 heteroatoms. The van der Waals surface area contributed by atoms with Crippen LogP contribution in [0.2, 0.25) is 5.02 Å². The molecule has 0 radical (unpaired) electrons. The molecule has 0 amide bonds. The number of rotatable bonds is 2. The van der Waals surface area contributed by atoms with Crippen LogP contribution in [0.4, 0.5) is 0 Å². The number of ether oxygens (including phenoxy) is 1. The molecule has 0 saturated heterocycles. The van der Waals surface area contributed by atoms with Crippen molar-refractivity contribution < 1.29 is 4.74 Å². The Balaban J connectivity index is 2.55. The van der Waals surface area contributed by atoms with Crippen LogP contribution in [0.3, 0.4) is 0 Å². The standard InChI is InChI=1S/C11H9ClN2O2/c1-16-10-4-8(12)2-3-9(10)7-5-13-11(15)14-6-7/h2-6H,1H3,(H,13,14,15). The Labute approximate surface area is 96.9 Å². The summed E-state index contributed by atoms with van der Waals surface area (Å²) in [6, 6.07) is 5.28. The van der Waals surface area contributed by atoms with Gasteiger partial charge in [-0.2, -0.15) is 0 Å². The van der Waals surface area contributed by atoms with E-state index in [1.54, 1.807) is 25.4 Å². The van der Waals surface area contributed by atoms with Gasteiger partial charge in [0, 0.05) is 28.5 Å². The topological polar surface area (TPSA) is 55.0 Å². The van der Waals surface area contributed by atoms with Gasteiger partial charge < -0.3 is 9.72 Å². The number of aromatic nitrogens is 2. The molecular weight excluding hydrogens is 228 g/mol. The zero-order chi connectivity index (χ0) is 11.5. The molecule has 0 fully saturated rings. The average Bonchev–Trinajstić information content (AvgIpc) is 2.30. The lowest BCUT2D eigenvalue weighted by Gasteiger charge is -2.07. The number of hydrogen-bond acceptors (Lipinski definition) is 3. The first-order valence-electron chi connectivity index (χ1n) is 4.59. The van der Waals surface area contributed by atoms with Gasteiger partial charge in [-0.1, -0.05) is 11.6 Å². The van der Waals surface area contributed by atoms with Crippen molar-refractivity contribution in [3.63, 3.8) is 0 Å². The minimum atomic E-state index is -0.378. The largest absolute Gasteiger partial charge is 0.496 e. The van der Waals surface area contributed by atoms with Gasteiger partial charge in [-0.3, -0.25) is 0 Å². The lowest BCUT2D eigenvalue weighted by atomic mass is 10.1. The summed E-state index contributed by atoms with van der Waals surface area (Å²) in [5.74, 6) is 0.640. The van der Waals surface area contributed by atoms with Crippen molar-refractivity contribution in [2.45, 2.75) is 0 Å². The monoisotopic (exact) mass is 236 g/mol. The molecule has 2 rings (SSSR count). The van der Waals surface area contributed by atoms with Crippen molar-refractivity contribution in [3.8, 4) is 16.9 Å². The second kappa shape index (κ2) is 4.37. The number of nitrogens with zero attached hydrogens (tertiary/aromatic N) is 1. The Morgan fingerprint density at radius 1 is 1.44 bits per heavy atom. The number of benzene rings is 1. The van der Waals surface area contributed by atoms with Crippen molar-refractivity contribution in [2.24, 2.45) is 0 Å². The molecule has 0 spiro atoms. The van der Waals surface area contributed by atoms with Gasteiger partial charge in [-0.25, -0.2) is 9.78 Å². The van der Waals surface area contributed by atoms with E-state index in [9.17, 15) is 4.79 Å². The maximum Gasteiger partial charge on any atom is 0.344 e. The van der Waals surface area contributed by atoms with Crippen molar-refractivity contribution in [3.05, 3.63) is 46.1 Å². The molecule has 16 heavy (non-hydrogen) atoms. The van der Waals surface area contributed by atoms with E-state index in [4.69, 9.17) is 16.3 Å². The van der Waals surface area contributed by atoms with Gasteiger partial charge in [0.15, 0.2) is 0 Å². The van der Waals surface area contributed by atoms with Crippen LogP contribution < -0.4 is 10.4 Å². The fourth-order valence-corrected chi connectivity index (χ4v) is 1.56. The van der Waals surface area contributed by atoms with Crippen molar-refractivity contribution in [1.82, 2.24) is 9.97 Å².